The van der Waals surface area contributed by atoms with E-state index in [1.54, 1.807) is 36.4 Å². The zero-order chi connectivity index (χ0) is 36.5. The lowest BCUT2D eigenvalue weighted by atomic mass is 9.81. The highest BCUT2D eigenvalue weighted by Gasteiger charge is 2.30. The lowest BCUT2D eigenvalue weighted by Gasteiger charge is -2.25. The molecule has 0 aliphatic carbocycles. The fraction of sp³-hybridized carbons (Fsp3) is 0.485. The summed E-state index contributed by atoms with van der Waals surface area (Å²) in [6.45, 7) is 4.99. The van der Waals surface area contributed by atoms with Gasteiger partial charge >= 0.3 is 7.12 Å². The van der Waals surface area contributed by atoms with Crippen molar-refractivity contribution in [3.05, 3.63) is 59.1 Å². The summed E-state index contributed by atoms with van der Waals surface area (Å²) in [6.07, 6.45) is 2.77. The van der Waals surface area contributed by atoms with Gasteiger partial charge in [-0.25, -0.2) is 0 Å². The molecule has 0 spiro atoms. The Labute approximate surface area is 292 Å². The Balaban J connectivity index is 2.11. The normalized spacial score (nSPS) is 14.0. The van der Waals surface area contributed by atoms with Gasteiger partial charge in [-0.1, -0.05) is 35.9 Å². The monoisotopic (exact) mass is 701 g/mol. The second-order valence-electron chi connectivity index (χ2n) is 11.9. The number of benzene rings is 2. The highest BCUT2D eigenvalue weighted by Crippen LogP contribution is 2.22. The lowest BCUT2D eigenvalue weighted by Crippen LogP contribution is -2.58. The summed E-state index contributed by atoms with van der Waals surface area (Å²) in [6, 6.07) is 10.0. The van der Waals surface area contributed by atoms with Gasteiger partial charge in [0.25, 0.3) is 5.91 Å². The highest BCUT2D eigenvalue weighted by atomic mass is 35.5. The van der Waals surface area contributed by atoms with Crippen molar-refractivity contribution in [1.29, 1.82) is 0 Å². The van der Waals surface area contributed by atoms with Gasteiger partial charge in [0.15, 0.2) is 0 Å². The largest absolute Gasteiger partial charge is 0.475 e. The number of unbranched alkanes of at least 4 members (excludes halogenated alkanes) is 2. The molecule has 5 amide bonds. The molecule has 0 aromatic heterocycles. The number of nitrogens with two attached hydrogens (primary N) is 2. The second-order valence-corrected chi connectivity index (χ2v) is 12.3. The Bertz CT molecular complexity index is 1380. The second kappa shape index (κ2) is 21.2. The van der Waals surface area contributed by atoms with E-state index < -0.39 is 66.8 Å². The maximum atomic E-state index is 13.6. The zero-order valence-electron chi connectivity index (χ0n) is 28.2. The molecular formula is C33H49BClN7O7. The van der Waals surface area contributed by atoms with Crippen LogP contribution in [0.2, 0.25) is 5.02 Å². The Morgan fingerprint density at radius 2 is 1.06 bits per heavy atom. The number of hydrogen-bond donors (Lipinski definition) is 9. The van der Waals surface area contributed by atoms with Gasteiger partial charge in [0.05, 0.1) is 5.94 Å². The third-order valence-corrected chi connectivity index (χ3v) is 8.05. The SMILES string of the molecule is C[C@H](NC(=O)[C@H](C)NC(=O)[C@H](C)NC(=O)[C@H](CCCCN)NC(=O)[C@H](CCCCN)NC(=O)c1ccc(-c2ccc(Cl)cc2)cc1)B(O)O. The molecule has 0 saturated heterocycles. The summed E-state index contributed by atoms with van der Waals surface area (Å²) < 4.78 is 0. The molecule has 0 fully saturated rings. The van der Waals surface area contributed by atoms with Crippen LogP contribution in [-0.2, 0) is 19.2 Å². The van der Waals surface area contributed by atoms with Crippen molar-refractivity contribution >= 4 is 48.3 Å². The van der Waals surface area contributed by atoms with Gasteiger partial charge in [-0.3, -0.25) is 24.0 Å². The van der Waals surface area contributed by atoms with E-state index in [0.717, 1.165) is 11.1 Å². The first-order valence-electron chi connectivity index (χ1n) is 16.4. The van der Waals surface area contributed by atoms with E-state index in [4.69, 9.17) is 23.1 Å². The zero-order valence-corrected chi connectivity index (χ0v) is 29.0. The van der Waals surface area contributed by atoms with E-state index in [-0.39, 0.29) is 12.8 Å². The third-order valence-electron chi connectivity index (χ3n) is 7.79. The van der Waals surface area contributed by atoms with Gasteiger partial charge in [0, 0.05) is 10.6 Å². The molecule has 0 aliphatic rings. The van der Waals surface area contributed by atoms with E-state index in [1.165, 1.54) is 20.8 Å². The van der Waals surface area contributed by atoms with Crippen molar-refractivity contribution in [1.82, 2.24) is 26.6 Å². The van der Waals surface area contributed by atoms with Gasteiger partial charge in [-0.2, -0.15) is 0 Å². The molecule has 14 nitrogen and oxygen atoms in total. The fourth-order valence-electron chi connectivity index (χ4n) is 4.70. The van der Waals surface area contributed by atoms with Crippen LogP contribution >= 0.6 is 11.6 Å². The number of carbonyl (C=O) groups is 5. The van der Waals surface area contributed by atoms with Crippen LogP contribution < -0.4 is 38.1 Å². The van der Waals surface area contributed by atoms with Crippen LogP contribution in [0.15, 0.2) is 48.5 Å². The number of carbonyl (C=O) groups excluding carboxylic acids is 5. The molecule has 0 bridgehead atoms. The predicted octanol–water partition coefficient (Wildman–Crippen LogP) is 0.374. The first kappa shape index (κ1) is 41.2. The minimum Gasteiger partial charge on any atom is -0.426 e. The van der Waals surface area contributed by atoms with Gasteiger partial charge in [-0.05, 0) is 108 Å². The average Bonchev–Trinajstić information content (AvgIpc) is 3.07. The molecule has 2 aromatic rings. The van der Waals surface area contributed by atoms with Crippen molar-refractivity contribution in [3.8, 4) is 11.1 Å². The molecule has 0 aliphatic heterocycles. The Morgan fingerprint density at radius 1 is 0.633 bits per heavy atom. The number of halogens is 1. The molecule has 49 heavy (non-hydrogen) atoms. The van der Waals surface area contributed by atoms with E-state index in [2.05, 4.69) is 26.6 Å². The third kappa shape index (κ3) is 14.2. The number of amides is 5. The molecule has 16 heteroatoms. The lowest BCUT2D eigenvalue weighted by molar-refractivity contribution is -0.133. The van der Waals surface area contributed by atoms with E-state index >= 15 is 0 Å². The molecule has 2 aromatic carbocycles. The Kier molecular flexibility index (Phi) is 17.8. The molecule has 5 atom stereocenters. The van der Waals surface area contributed by atoms with Crippen LogP contribution in [0.4, 0.5) is 0 Å². The van der Waals surface area contributed by atoms with Crippen molar-refractivity contribution in [2.75, 3.05) is 13.1 Å². The Morgan fingerprint density at radius 3 is 1.55 bits per heavy atom. The molecule has 11 N–H and O–H groups in total. The van der Waals surface area contributed by atoms with Crippen LogP contribution in [0.5, 0.6) is 0 Å². The summed E-state index contributed by atoms with van der Waals surface area (Å²) in [4.78, 5) is 65.2. The number of rotatable bonds is 20. The molecule has 0 heterocycles. The van der Waals surface area contributed by atoms with Crippen LogP contribution in [0, 0.1) is 0 Å². The molecule has 0 radical (unpaired) electrons. The summed E-state index contributed by atoms with van der Waals surface area (Å²) in [7, 11) is -1.78. The minimum absolute atomic E-state index is 0.221. The van der Waals surface area contributed by atoms with Gasteiger partial charge in [0.1, 0.15) is 24.2 Å². The van der Waals surface area contributed by atoms with Gasteiger partial charge in [-0.15, -0.1) is 0 Å². The topological polar surface area (TPSA) is 238 Å². The van der Waals surface area contributed by atoms with Gasteiger partial charge < -0.3 is 48.1 Å². The van der Waals surface area contributed by atoms with Crippen LogP contribution in [0.1, 0.15) is 69.7 Å². The predicted molar refractivity (Wildman–Crippen MR) is 189 cm³/mol. The minimum atomic E-state index is -1.78. The Hall–Kier alpha value is -4.02. The van der Waals surface area contributed by atoms with Gasteiger partial charge in [0.2, 0.25) is 23.6 Å². The molecule has 2 rings (SSSR count). The molecule has 268 valence electrons. The first-order chi connectivity index (χ1) is 23.3. The number of hydrogen-bond acceptors (Lipinski definition) is 9. The van der Waals surface area contributed by atoms with Crippen molar-refractivity contribution in [3.63, 3.8) is 0 Å². The standard InChI is InChI=1S/C33H49BClN7O7/c1-20(29(43)38-21(2)30(44)40-22(3)34(48)49)39-32(46)27(8-4-6-18-36)42-33(47)28(9-5-7-19-37)41-31(45)25-12-10-23(11-13-25)24-14-16-26(35)17-15-24/h10-17,20-22,27-28,48-49H,4-9,18-19,36-37H2,1-3H3,(H,38,43)(H,39,46)(H,40,44)(H,41,45)(H,42,47)/t20-,21-,22-,27-,28-/m0/s1. The maximum Gasteiger partial charge on any atom is 0.475 e. The molecule has 0 unspecified atom stereocenters. The summed E-state index contributed by atoms with van der Waals surface area (Å²) >= 11 is 5.99. The summed E-state index contributed by atoms with van der Waals surface area (Å²) in [5.74, 6) is -3.96. The molecular weight excluding hydrogens is 653 g/mol. The first-order valence-corrected chi connectivity index (χ1v) is 16.8. The quantitative estimate of drug-likeness (QED) is 0.0684. The summed E-state index contributed by atoms with van der Waals surface area (Å²) in [5, 5.41) is 31.9. The maximum absolute atomic E-state index is 13.6. The van der Waals surface area contributed by atoms with Crippen molar-refractivity contribution in [2.24, 2.45) is 11.5 Å². The fourth-order valence-corrected chi connectivity index (χ4v) is 4.83. The van der Waals surface area contributed by atoms with E-state index in [0.29, 0.717) is 49.4 Å². The molecule has 0 saturated carbocycles. The van der Waals surface area contributed by atoms with Crippen molar-refractivity contribution in [2.45, 2.75) is 89.4 Å². The number of nitrogens with one attached hydrogen (secondary N) is 5. The van der Waals surface area contributed by atoms with E-state index in [1.807, 2.05) is 12.1 Å². The van der Waals surface area contributed by atoms with Crippen LogP contribution in [0.25, 0.3) is 11.1 Å². The van der Waals surface area contributed by atoms with Crippen LogP contribution in [0.3, 0.4) is 0 Å². The van der Waals surface area contributed by atoms with Crippen LogP contribution in [-0.4, -0.2) is 89.9 Å². The van der Waals surface area contributed by atoms with E-state index in [9.17, 15) is 34.0 Å². The highest BCUT2D eigenvalue weighted by molar-refractivity contribution is 6.43. The van der Waals surface area contributed by atoms with Crippen molar-refractivity contribution < 1.29 is 34.0 Å². The smallest absolute Gasteiger partial charge is 0.426 e. The average molecular weight is 702 g/mol. The summed E-state index contributed by atoms with van der Waals surface area (Å²) in [5.41, 5.74) is 13.5.